The van der Waals surface area contributed by atoms with Crippen molar-refractivity contribution in [2.45, 2.75) is 6.04 Å². The van der Waals surface area contributed by atoms with Crippen molar-refractivity contribution in [2.75, 3.05) is 13.7 Å². The second kappa shape index (κ2) is 6.19. The van der Waals surface area contributed by atoms with Crippen LogP contribution in [0.5, 0.6) is 0 Å². The van der Waals surface area contributed by atoms with Crippen LogP contribution in [0.1, 0.15) is 10.4 Å². The summed E-state index contributed by atoms with van der Waals surface area (Å²) >= 11 is 0. The topological polar surface area (TPSA) is 106 Å². The summed E-state index contributed by atoms with van der Waals surface area (Å²) in [6.45, 7) is -0.642. The summed E-state index contributed by atoms with van der Waals surface area (Å²) in [5.41, 5.74) is -0.727. The first-order chi connectivity index (χ1) is 10.1. The van der Waals surface area contributed by atoms with Gasteiger partial charge in [-0.05, 0) is 12.1 Å². The molecule has 0 aliphatic heterocycles. The molecule has 110 valence electrons. The van der Waals surface area contributed by atoms with Gasteiger partial charge in [0.2, 0.25) is 0 Å². The Bertz CT molecular complexity index is 736. The Morgan fingerprint density at radius 3 is 2.76 bits per heavy atom. The van der Waals surface area contributed by atoms with Crippen molar-refractivity contribution in [3.05, 3.63) is 46.3 Å². The Morgan fingerprint density at radius 2 is 2.10 bits per heavy atom. The number of para-hydroxylation sites is 1. The first-order valence-electron chi connectivity index (χ1n) is 6.09. The van der Waals surface area contributed by atoms with Crippen LogP contribution in [0.25, 0.3) is 11.0 Å². The minimum atomic E-state index is -1.24. The average Bonchev–Trinajstić information content (AvgIpc) is 2.50. The van der Waals surface area contributed by atoms with E-state index in [0.29, 0.717) is 11.0 Å². The Morgan fingerprint density at radius 1 is 1.38 bits per heavy atom. The van der Waals surface area contributed by atoms with E-state index >= 15 is 0 Å². The molecule has 1 amide bonds. The lowest BCUT2D eigenvalue weighted by atomic mass is 10.1. The Labute approximate surface area is 119 Å². The average molecular weight is 291 g/mol. The summed E-state index contributed by atoms with van der Waals surface area (Å²) in [7, 11) is 1.13. The molecule has 7 nitrogen and oxygen atoms in total. The van der Waals surface area contributed by atoms with Crippen molar-refractivity contribution < 1.29 is 23.8 Å². The molecule has 2 aromatic rings. The number of ether oxygens (including phenoxy) is 1. The van der Waals surface area contributed by atoms with E-state index in [1.165, 1.54) is 6.07 Å². The van der Waals surface area contributed by atoms with Crippen LogP contribution in [-0.2, 0) is 9.53 Å². The number of fused-ring (bicyclic) bond motifs is 1. The first kappa shape index (κ1) is 14.7. The molecule has 0 saturated heterocycles. The second-order valence-corrected chi connectivity index (χ2v) is 4.22. The number of rotatable bonds is 4. The summed E-state index contributed by atoms with van der Waals surface area (Å²) in [5.74, 6) is -1.63. The fourth-order valence-corrected chi connectivity index (χ4v) is 1.78. The molecule has 0 aliphatic rings. The first-order valence-corrected chi connectivity index (χ1v) is 6.09. The number of carbonyl (C=O) groups is 2. The van der Waals surface area contributed by atoms with Crippen LogP contribution in [0.3, 0.4) is 0 Å². The van der Waals surface area contributed by atoms with Gasteiger partial charge in [0.15, 0.2) is 6.04 Å². The van der Waals surface area contributed by atoms with Crippen LogP contribution >= 0.6 is 0 Å². The van der Waals surface area contributed by atoms with Gasteiger partial charge in [-0.3, -0.25) is 4.79 Å². The van der Waals surface area contributed by atoms with Gasteiger partial charge in [0, 0.05) is 5.39 Å². The van der Waals surface area contributed by atoms with Gasteiger partial charge in [-0.25, -0.2) is 9.59 Å². The lowest BCUT2D eigenvalue weighted by Gasteiger charge is -2.13. The maximum atomic E-state index is 12.0. The standard InChI is InChI=1S/C14H13NO6/c1-20-14(19)10(7-16)15-12(17)9-6-8-4-2-3-5-11(8)21-13(9)18/h2-6,10,16H,7H2,1H3,(H,15,17)/t10-/m1/s1. The molecule has 0 fully saturated rings. The number of aliphatic hydroxyl groups is 1. The van der Waals surface area contributed by atoms with E-state index in [1.807, 2.05) is 0 Å². The highest BCUT2D eigenvalue weighted by Gasteiger charge is 2.23. The normalized spacial score (nSPS) is 11.9. The molecule has 21 heavy (non-hydrogen) atoms. The quantitative estimate of drug-likeness (QED) is 0.609. The van der Waals surface area contributed by atoms with Crippen LogP contribution in [-0.4, -0.2) is 36.7 Å². The maximum Gasteiger partial charge on any atom is 0.349 e. The molecule has 2 N–H and O–H groups in total. The van der Waals surface area contributed by atoms with E-state index in [-0.39, 0.29) is 5.56 Å². The Balaban J connectivity index is 2.33. The monoisotopic (exact) mass is 291 g/mol. The zero-order valence-corrected chi connectivity index (χ0v) is 11.2. The van der Waals surface area contributed by atoms with E-state index in [0.717, 1.165) is 7.11 Å². The molecule has 0 bridgehead atoms. The Hall–Kier alpha value is -2.67. The van der Waals surface area contributed by atoms with Crippen molar-refractivity contribution in [2.24, 2.45) is 0 Å². The number of nitrogens with one attached hydrogen (secondary N) is 1. The number of hydrogen-bond donors (Lipinski definition) is 2. The SMILES string of the molecule is COC(=O)[C@@H](CO)NC(=O)c1cc2ccccc2oc1=O. The molecule has 2 rings (SSSR count). The third-order valence-electron chi connectivity index (χ3n) is 2.86. The lowest BCUT2D eigenvalue weighted by molar-refractivity contribution is -0.143. The van der Waals surface area contributed by atoms with Gasteiger partial charge in [-0.15, -0.1) is 0 Å². The highest BCUT2D eigenvalue weighted by molar-refractivity contribution is 5.98. The van der Waals surface area contributed by atoms with Crippen LogP contribution in [0.2, 0.25) is 0 Å². The summed E-state index contributed by atoms with van der Waals surface area (Å²) < 4.78 is 9.45. The van der Waals surface area contributed by atoms with Gasteiger partial charge < -0.3 is 19.6 Å². The zero-order chi connectivity index (χ0) is 15.4. The fraction of sp³-hybridized carbons (Fsp3) is 0.214. The minimum Gasteiger partial charge on any atom is -0.467 e. The smallest absolute Gasteiger partial charge is 0.349 e. The van der Waals surface area contributed by atoms with E-state index in [4.69, 9.17) is 9.52 Å². The van der Waals surface area contributed by atoms with E-state index < -0.39 is 30.2 Å². The van der Waals surface area contributed by atoms with Gasteiger partial charge in [0.25, 0.3) is 5.91 Å². The van der Waals surface area contributed by atoms with E-state index in [2.05, 4.69) is 10.1 Å². The number of methoxy groups -OCH3 is 1. The molecular formula is C14H13NO6. The van der Waals surface area contributed by atoms with Gasteiger partial charge in [-0.2, -0.15) is 0 Å². The highest BCUT2D eigenvalue weighted by atomic mass is 16.5. The molecular weight excluding hydrogens is 278 g/mol. The summed E-state index contributed by atoms with van der Waals surface area (Å²) in [5, 5.41) is 11.8. The fourth-order valence-electron chi connectivity index (χ4n) is 1.78. The van der Waals surface area contributed by atoms with E-state index in [1.54, 1.807) is 24.3 Å². The molecule has 0 unspecified atom stereocenters. The van der Waals surface area contributed by atoms with Gasteiger partial charge >= 0.3 is 11.6 Å². The summed E-state index contributed by atoms with van der Waals surface area (Å²) in [6, 6.07) is 6.83. The van der Waals surface area contributed by atoms with Crippen LogP contribution in [0.15, 0.2) is 39.5 Å². The maximum absolute atomic E-state index is 12.0. The van der Waals surface area contributed by atoms with Crippen LogP contribution in [0.4, 0.5) is 0 Å². The zero-order valence-electron chi connectivity index (χ0n) is 11.2. The Kier molecular flexibility index (Phi) is 4.34. The number of aliphatic hydroxyl groups excluding tert-OH is 1. The second-order valence-electron chi connectivity index (χ2n) is 4.22. The van der Waals surface area contributed by atoms with E-state index in [9.17, 15) is 14.4 Å². The predicted molar refractivity (Wildman–Crippen MR) is 72.8 cm³/mol. The molecule has 0 radical (unpaired) electrons. The van der Waals surface area contributed by atoms with Gasteiger partial charge in [-0.1, -0.05) is 18.2 Å². The largest absolute Gasteiger partial charge is 0.467 e. The van der Waals surface area contributed by atoms with Crippen LogP contribution < -0.4 is 10.9 Å². The number of hydrogen-bond acceptors (Lipinski definition) is 6. The molecule has 1 heterocycles. The van der Waals surface area contributed by atoms with Crippen molar-refractivity contribution in [1.29, 1.82) is 0 Å². The molecule has 0 spiro atoms. The molecule has 7 heteroatoms. The molecule has 0 saturated carbocycles. The van der Waals surface area contributed by atoms with Crippen molar-refractivity contribution in [3.8, 4) is 0 Å². The van der Waals surface area contributed by atoms with Crippen molar-refractivity contribution >= 4 is 22.8 Å². The molecule has 1 aromatic heterocycles. The number of benzene rings is 1. The minimum absolute atomic E-state index is 0.254. The van der Waals surface area contributed by atoms with Crippen molar-refractivity contribution in [1.82, 2.24) is 5.32 Å². The van der Waals surface area contributed by atoms with Gasteiger partial charge in [0.05, 0.1) is 13.7 Å². The predicted octanol–water partition coefficient (Wildman–Crippen LogP) is 0.0567. The molecule has 1 aromatic carbocycles. The third-order valence-corrected chi connectivity index (χ3v) is 2.86. The number of esters is 1. The number of amides is 1. The molecule has 0 aliphatic carbocycles. The number of carbonyl (C=O) groups excluding carboxylic acids is 2. The summed E-state index contributed by atoms with van der Waals surface area (Å²) in [6.07, 6.45) is 0. The summed E-state index contributed by atoms with van der Waals surface area (Å²) in [4.78, 5) is 35.1. The van der Waals surface area contributed by atoms with Crippen molar-refractivity contribution in [3.63, 3.8) is 0 Å². The lowest BCUT2D eigenvalue weighted by Crippen LogP contribution is -2.45. The third kappa shape index (κ3) is 3.09. The van der Waals surface area contributed by atoms with Gasteiger partial charge in [0.1, 0.15) is 11.1 Å². The molecule has 1 atom stereocenters. The van der Waals surface area contributed by atoms with Crippen LogP contribution in [0, 0.1) is 0 Å². The highest BCUT2D eigenvalue weighted by Crippen LogP contribution is 2.12.